The molecule has 2 heterocycles. The molecule has 2 N–H and O–H groups in total. The highest BCUT2D eigenvalue weighted by molar-refractivity contribution is 6.07. The molecular weight excluding hydrogens is 360 g/mol. The van der Waals surface area contributed by atoms with E-state index >= 15 is 0 Å². The summed E-state index contributed by atoms with van der Waals surface area (Å²) in [6, 6.07) is 20.4. The fourth-order valence-corrected chi connectivity index (χ4v) is 3.67. The fraction of sp³-hybridized carbons (Fsp3) is 0.250. The van der Waals surface area contributed by atoms with Crippen molar-refractivity contribution in [3.05, 3.63) is 72.1 Å². The summed E-state index contributed by atoms with van der Waals surface area (Å²) in [4.78, 5) is 22.9. The van der Waals surface area contributed by atoms with E-state index in [1.54, 1.807) is 0 Å². The number of carbonyl (C=O) groups excluding carboxylic acids is 1. The van der Waals surface area contributed by atoms with E-state index in [1.165, 1.54) is 5.69 Å². The van der Waals surface area contributed by atoms with Gasteiger partial charge in [-0.2, -0.15) is 0 Å². The van der Waals surface area contributed by atoms with Gasteiger partial charge in [0, 0.05) is 41.8 Å². The number of benzene rings is 2. The van der Waals surface area contributed by atoms with Gasteiger partial charge in [0.05, 0.1) is 11.0 Å². The lowest BCUT2D eigenvalue weighted by atomic mass is 10.1. The van der Waals surface area contributed by atoms with Gasteiger partial charge in [-0.15, -0.1) is 0 Å². The number of carbonyl (C=O) groups is 1. The number of nitrogens with zero attached hydrogens (tertiary/aromatic N) is 2. The SMILES string of the molecule is CCN(CCCNC(=O)c1cc2ccc3ccc(C)[nH]c3c2n1)c1ccccc1. The van der Waals surface area contributed by atoms with E-state index in [0.717, 1.165) is 47.0 Å². The molecule has 0 atom stereocenters. The molecule has 29 heavy (non-hydrogen) atoms. The Morgan fingerprint density at radius 2 is 1.83 bits per heavy atom. The highest BCUT2D eigenvalue weighted by atomic mass is 16.1. The molecule has 0 spiro atoms. The maximum Gasteiger partial charge on any atom is 0.269 e. The third-order valence-electron chi connectivity index (χ3n) is 5.23. The first kappa shape index (κ1) is 19.0. The minimum Gasteiger partial charge on any atom is -0.372 e. The molecule has 0 aliphatic heterocycles. The number of H-pyrrole nitrogens is 1. The Balaban J connectivity index is 1.40. The van der Waals surface area contributed by atoms with Crippen molar-refractivity contribution in [2.75, 3.05) is 24.5 Å². The van der Waals surface area contributed by atoms with Crippen LogP contribution in [0.4, 0.5) is 5.69 Å². The molecule has 5 nitrogen and oxygen atoms in total. The number of hydrogen-bond donors (Lipinski definition) is 2. The van der Waals surface area contributed by atoms with Crippen LogP contribution in [0.25, 0.3) is 21.8 Å². The standard InChI is InChI=1S/C24H26N4O/c1-3-28(20-8-5-4-6-9-20)15-7-14-25-24(29)21-16-19-13-12-18-11-10-17(2)26-22(18)23(19)27-21/h4-6,8-13,16,26H,3,7,14-15H2,1-2H3,(H,25,29). The summed E-state index contributed by atoms with van der Waals surface area (Å²) in [5.74, 6) is -0.121. The Kier molecular flexibility index (Phi) is 5.47. The van der Waals surface area contributed by atoms with Crippen LogP contribution >= 0.6 is 0 Å². The number of aryl methyl sites for hydroxylation is 1. The molecule has 0 saturated heterocycles. The molecule has 148 valence electrons. The zero-order valence-electron chi connectivity index (χ0n) is 16.9. The number of aromatic amines is 1. The zero-order chi connectivity index (χ0) is 20.2. The van der Waals surface area contributed by atoms with Gasteiger partial charge in [0.25, 0.3) is 5.91 Å². The number of fused-ring (bicyclic) bond motifs is 3. The second kappa shape index (κ2) is 8.35. The lowest BCUT2D eigenvalue weighted by Crippen LogP contribution is -2.30. The first-order valence-electron chi connectivity index (χ1n) is 10.1. The number of aromatic nitrogens is 2. The summed E-state index contributed by atoms with van der Waals surface area (Å²) < 4.78 is 0. The molecule has 2 aromatic carbocycles. The first-order chi connectivity index (χ1) is 14.2. The van der Waals surface area contributed by atoms with E-state index in [-0.39, 0.29) is 5.91 Å². The molecule has 0 fully saturated rings. The van der Waals surface area contributed by atoms with Gasteiger partial charge in [-0.25, -0.2) is 4.98 Å². The quantitative estimate of drug-likeness (QED) is 0.454. The van der Waals surface area contributed by atoms with Gasteiger partial charge < -0.3 is 15.2 Å². The topological polar surface area (TPSA) is 61.0 Å². The molecule has 0 aliphatic rings. The lowest BCUT2D eigenvalue weighted by Gasteiger charge is -2.23. The van der Waals surface area contributed by atoms with Crippen molar-refractivity contribution in [3.63, 3.8) is 0 Å². The monoisotopic (exact) mass is 386 g/mol. The normalized spacial score (nSPS) is 11.1. The maximum atomic E-state index is 12.6. The number of para-hydroxylation sites is 1. The number of pyridine rings is 1. The van der Waals surface area contributed by atoms with Crippen LogP contribution in [0.15, 0.2) is 60.7 Å². The van der Waals surface area contributed by atoms with Crippen molar-refractivity contribution in [2.45, 2.75) is 20.3 Å². The number of rotatable bonds is 7. The molecule has 0 saturated carbocycles. The first-order valence-corrected chi connectivity index (χ1v) is 10.1. The average Bonchev–Trinajstić information content (AvgIpc) is 3.19. The van der Waals surface area contributed by atoms with Crippen LogP contribution < -0.4 is 10.2 Å². The number of anilines is 1. The Labute approximate surface area is 170 Å². The van der Waals surface area contributed by atoms with E-state index in [9.17, 15) is 4.79 Å². The second-order valence-corrected chi connectivity index (χ2v) is 7.28. The highest BCUT2D eigenvalue weighted by Gasteiger charge is 2.13. The molecule has 0 radical (unpaired) electrons. The van der Waals surface area contributed by atoms with Crippen molar-refractivity contribution in [1.82, 2.24) is 15.3 Å². The van der Waals surface area contributed by atoms with E-state index in [1.807, 2.05) is 43.3 Å². The summed E-state index contributed by atoms with van der Waals surface area (Å²) in [6.07, 6.45) is 0.880. The predicted molar refractivity (Wildman–Crippen MR) is 120 cm³/mol. The van der Waals surface area contributed by atoms with Gasteiger partial charge in [-0.1, -0.05) is 36.4 Å². The summed E-state index contributed by atoms with van der Waals surface area (Å²) in [6.45, 7) is 6.63. The third-order valence-corrected chi connectivity index (χ3v) is 5.23. The molecule has 5 heteroatoms. The van der Waals surface area contributed by atoms with E-state index in [4.69, 9.17) is 0 Å². The summed E-state index contributed by atoms with van der Waals surface area (Å²) in [5.41, 5.74) is 4.57. The Bertz CT molecular complexity index is 1130. The summed E-state index contributed by atoms with van der Waals surface area (Å²) in [7, 11) is 0. The van der Waals surface area contributed by atoms with Crippen LogP contribution in [0.3, 0.4) is 0 Å². The van der Waals surface area contributed by atoms with Crippen molar-refractivity contribution in [1.29, 1.82) is 0 Å². The third kappa shape index (κ3) is 4.09. The molecule has 0 unspecified atom stereocenters. The highest BCUT2D eigenvalue weighted by Crippen LogP contribution is 2.24. The second-order valence-electron chi connectivity index (χ2n) is 7.28. The van der Waals surface area contributed by atoms with Crippen LogP contribution in [0, 0.1) is 6.92 Å². The fourth-order valence-electron chi connectivity index (χ4n) is 3.67. The Morgan fingerprint density at radius 3 is 2.62 bits per heavy atom. The number of hydrogen-bond acceptors (Lipinski definition) is 3. The van der Waals surface area contributed by atoms with E-state index < -0.39 is 0 Å². The van der Waals surface area contributed by atoms with Crippen LogP contribution in [0.5, 0.6) is 0 Å². The molecule has 0 aliphatic carbocycles. The zero-order valence-corrected chi connectivity index (χ0v) is 16.9. The van der Waals surface area contributed by atoms with Gasteiger partial charge in [0.2, 0.25) is 0 Å². The molecular formula is C24H26N4O. The summed E-state index contributed by atoms with van der Waals surface area (Å²) >= 11 is 0. The largest absolute Gasteiger partial charge is 0.372 e. The van der Waals surface area contributed by atoms with Crippen molar-refractivity contribution in [3.8, 4) is 0 Å². The summed E-state index contributed by atoms with van der Waals surface area (Å²) in [5, 5.41) is 5.08. The van der Waals surface area contributed by atoms with Crippen molar-refractivity contribution >= 4 is 33.4 Å². The molecule has 4 rings (SSSR count). The van der Waals surface area contributed by atoms with Gasteiger partial charge in [-0.05, 0) is 44.5 Å². The van der Waals surface area contributed by atoms with Crippen LogP contribution in [0.1, 0.15) is 29.5 Å². The predicted octanol–water partition coefficient (Wildman–Crippen LogP) is 4.67. The van der Waals surface area contributed by atoms with Crippen LogP contribution in [-0.2, 0) is 0 Å². The minimum absolute atomic E-state index is 0.121. The lowest BCUT2D eigenvalue weighted by molar-refractivity contribution is 0.0949. The van der Waals surface area contributed by atoms with Gasteiger partial charge in [0.1, 0.15) is 5.69 Å². The smallest absolute Gasteiger partial charge is 0.269 e. The Hall–Kier alpha value is -3.34. The maximum absolute atomic E-state index is 12.6. The number of amides is 1. The van der Waals surface area contributed by atoms with Crippen LogP contribution in [-0.4, -0.2) is 35.5 Å². The van der Waals surface area contributed by atoms with Crippen molar-refractivity contribution in [2.24, 2.45) is 0 Å². The molecule has 4 aromatic rings. The molecule has 1 amide bonds. The van der Waals surface area contributed by atoms with Crippen molar-refractivity contribution < 1.29 is 4.79 Å². The molecule has 0 bridgehead atoms. The van der Waals surface area contributed by atoms with Crippen LogP contribution in [0.2, 0.25) is 0 Å². The van der Waals surface area contributed by atoms with E-state index in [2.05, 4.69) is 51.4 Å². The minimum atomic E-state index is -0.121. The van der Waals surface area contributed by atoms with E-state index in [0.29, 0.717) is 12.2 Å². The average molecular weight is 386 g/mol. The van der Waals surface area contributed by atoms with Gasteiger partial charge in [-0.3, -0.25) is 4.79 Å². The van der Waals surface area contributed by atoms with Gasteiger partial charge in [0.15, 0.2) is 0 Å². The molecule has 2 aromatic heterocycles. The number of nitrogens with one attached hydrogen (secondary N) is 2. The Morgan fingerprint density at radius 1 is 1.07 bits per heavy atom. The van der Waals surface area contributed by atoms with Gasteiger partial charge >= 0.3 is 0 Å².